The van der Waals surface area contributed by atoms with Crippen molar-refractivity contribution in [1.29, 1.82) is 0 Å². The molecule has 20 heavy (non-hydrogen) atoms. The molecule has 1 fully saturated rings. The predicted molar refractivity (Wildman–Crippen MR) is 79.8 cm³/mol. The van der Waals surface area contributed by atoms with Gasteiger partial charge in [-0.2, -0.15) is 0 Å². The first-order chi connectivity index (χ1) is 9.42. The zero-order valence-electron chi connectivity index (χ0n) is 13.6. The Hall–Kier alpha value is -0.650. The molecule has 0 aromatic rings. The standard InChI is InChI=1S/C15H30N2O3/c1-6-19-14(18)15(4,16-5)8-7-9-17-10-13(3)20-11-12(17)2/h12-13,16H,6-11H2,1-5H3. The van der Waals surface area contributed by atoms with E-state index in [9.17, 15) is 4.79 Å². The van der Waals surface area contributed by atoms with Crippen LogP contribution in [0.4, 0.5) is 0 Å². The number of carbonyl (C=O) groups is 1. The predicted octanol–water partition coefficient (Wildman–Crippen LogP) is 1.42. The Labute approximate surface area is 123 Å². The van der Waals surface area contributed by atoms with E-state index in [1.54, 1.807) is 0 Å². The summed E-state index contributed by atoms with van der Waals surface area (Å²) in [5, 5.41) is 3.10. The van der Waals surface area contributed by atoms with Crippen LogP contribution in [0, 0.1) is 0 Å². The lowest BCUT2D eigenvalue weighted by Gasteiger charge is -2.37. The van der Waals surface area contributed by atoms with Gasteiger partial charge in [0.1, 0.15) is 5.54 Å². The zero-order chi connectivity index (χ0) is 15.2. The van der Waals surface area contributed by atoms with Gasteiger partial charge in [-0.25, -0.2) is 0 Å². The van der Waals surface area contributed by atoms with Crippen LogP contribution in [-0.2, 0) is 14.3 Å². The Morgan fingerprint density at radius 3 is 2.80 bits per heavy atom. The molecular weight excluding hydrogens is 256 g/mol. The van der Waals surface area contributed by atoms with E-state index in [2.05, 4.69) is 24.1 Å². The van der Waals surface area contributed by atoms with E-state index in [0.717, 1.165) is 32.5 Å². The third-order valence-electron chi connectivity index (χ3n) is 4.14. The minimum atomic E-state index is -0.586. The summed E-state index contributed by atoms with van der Waals surface area (Å²) in [4.78, 5) is 14.4. The van der Waals surface area contributed by atoms with Crippen LogP contribution in [0.15, 0.2) is 0 Å². The van der Waals surface area contributed by atoms with E-state index in [4.69, 9.17) is 9.47 Å². The molecule has 1 rings (SSSR count). The number of esters is 1. The van der Waals surface area contributed by atoms with Crippen molar-refractivity contribution in [1.82, 2.24) is 10.2 Å². The van der Waals surface area contributed by atoms with Crippen molar-refractivity contribution in [2.24, 2.45) is 0 Å². The lowest BCUT2D eigenvalue weighted by Crippen LogP contribution is -2.50. The Morgan fingerprint density at radius 1 is 1.50 bits per heavy atom. The van der Waals surface area contributed by atoms with Gasteiger partial charge in [-0.05, 0) is 54.1 Å². The smallest absolute Gasteiger partial charge is 0.326 e. The fourth-order valence-corrected chi connectivity index (χ4v) is 2.54. The van der Waals surface area contributed by atoms with Crippen molar-refractivity contribution < 1.29 is 14.3 Å². The van der Waals surface area contributed by atoms with Crippen LogP contribution >= 0.6 is 0 Å². The largest absolute Gasteiger partial charge is 0.465 e. The summed E-state index contributed by atoms with van der Waals surface area (Å²) in [6, 6.07) is 0.453. The highest BCUT2D eigenvalue weighted by molar-refractivity contribution is 5.80. The van der Waals surface area contributed by atoms with Gasteiger partial charge in [0, 0.05) is 12.6 Å². The lowest BCUT2D eigenvalue weighted by molar-refractivity contribution is -0.150. The van der Waals surface area contributed by atoms with Crippen molar-refractivity contribution in [2.75, 3.05) is 33.4 Å². The second-order valence-electron chi connectivity index (χ2n) is 5.89. The molecule has 1 saturated heterocycles. The normalized spacial score (nSPS) is 27.1. The summed E-state index contributed by atoms with van der Waals surface area (Å²) in [7, 11) is 1.82. The number of carbonyl (C=O) groups excluding carboxylic acids is 1. The number of morpholine rings is 1. The molecule has 1 heterocycles. The highest BCUT2D eigenvalue weighted by Gasteiger charge is 2.33. The second-order valence-corrected chi connectivity index (χ2v) is 5.89. The van der Waals surface area contributed by atoms with Crippen LogP contribution in [0.1, 0.15) is 40.5 Å². The van der Waals surface area contributed by atoms with Crippen LogP contribution < -0.4 is 5.32 Å². The van der Waals surface area contributed by atoms with Crippen LogP contribution in [0.25, 0.3) is 0 Å². The third kappa shape index (κ3) is 4.72. The fourth-order valence-electron chi connectivity index (χ4n) is 2.54. The average molecular weight is 286 g/mol. The van der Waals surface area contributed by atoms with Crippen LogP contribution in [0.2, 0.25) is 0 Å². The molecule has 0 radical (unpaired) electrons. The van der Waals surface area contributed by atoms with E-state index in [-0.39, 0.29) is 5.97 Å². The van der Waals surface area contributed by atoms with Crippen LogP contribution in [-0.4, -0.2) is 61.9 Å². The molecular formula is C15H30N2O3. The van der Waals surface area contributed by atoms with Crippen LogP contribution in [0.5, 0.6) is 0 Å². The first kappa shape index (κ1) is 17.4. The third-order valence-corrected chi connectivity index (χ3v) is 4.14. The van der Waals surface area contributed by atoms with Gasteiger partial charge >= 0.3 is 5.97 Å². The Morgan fingerprint density at radius 2 is 2.20 bits per heavy atom. The number of nitrogens with one attached hydrogen (secondary N) is 1. The fraction of sp³-hybridized carbons (Fsp3) is 0.933. The summed E-state index contributed by atoms with van der Waals surface area (Å²) in [5.74, 6) is -0.161. The molecule has 0 aromatic heterocycles. The summed E-state index contributed by atoms with van der Waals surface area (Å²) >= 11 is 0. The Bertz CT molecular complexity index is 311. The molecule has 1 aliphatic rings. The van der Waals surface area contributed by atoms with E-state index in [0.29, 0.717) is 18.8 Å². The molecule has 0 aliphatic carbocycles. The molecule has 5 nitrogen and oxygen atoms in total. The SMILES string of the molecule is CCOC(=O)C(C)(CCCN1CC(C)OCC1C)NC. The second kappa shape index (κ2) is 7.96. The molecule has 5 heteroatoms. The number of ether oxygens (including phenoxy) is 2. The van der Waals surface area contributed by atoms with Gasteiger partial charge in [0.05, 0.1) is 19.3 Å². The maximum absolute atomic E-state index is 12.0. The lowest BCUT2D eigenvalue weighted by atomic mass is 9.95. The topological polar surface area (TPSA) is 50.8 Å². The van der Waals surface area contributed by atoms with Crippen molar-refractivity contribution >= 4 is 5.97 Å². The minimum absolute atomic E-state index is 0.161. The molecule has 1 aliphatic heterocycles. The number of likely N-dealkylation sites (N-methyl/N-ethyl adjacent to an activating group) is 1. The zero-order valence-corrected chi connectivity index (χ0v) is 13.6. The Balaban J connectivity index is 2.42. The van der Waals surface area contributed by atoms with Crippen molar-refractivity contribution in [3.8, 4) is 0 Å². The maximum atomic E-state index is 12.0. The molecule has 3 atom stereocenters. The van der Waals surface area contributed by atoms with Gasteiger partial charge < -0.3 is 14.8 Å². The average Bonchev–Trinajstić information content (AvgIpc) is 2.42. The molecule has 0 spiro atoms. The van der Waals surface area contributed by atoms with Gasteiger partial charge in [-0.1, -0.05) is 0 Å². The van der Waals surface area contributed by atoms with Gasteiger partial charge in [0.2, 0.25) is 0 Å². The summed E-state index contributed by atoms with van der Waals surface area (Å²) < 4.78 is 10.8. The van der Waals surface area contributed by atoms with Crippen molar-refractivity contribution in [3.05, 3.63) is 0 Å². The van der Waals surface area contributed by atoms with Crippen LogP contribution in [0.3, 0.4) is 0 Å². The van der Waals surface area contributed by atoms with Crippen molar-refractivity contribution in [2.45, 2.75) is 58.2 Å². The van der Waals surface area contributed by atoms with E-state index in [1.807, 2.05) is 20.9 Å². The number of hydrogen-bond acceptors (Lipinski definition) is 5. The summed E-state index contributed by atoms with van der Waals surface area (Å²) in [6.45, 7) is 11.2. The maximum Gasteiger partial charge on any atom is 0.326 e. The van der Waals surface area contributed by atoms with Gasteiger partial charge in [-0.3, -0.25) is 9.69 Å². The molecule has 118 valence electrons. The van der Waals surface area contributed by atoms with Gasteiger partial charge in [0.15, 0.2) is 0 Å². The van der Waals surface area contributed by atoms with E-state index >= 15 is 0 Å². The highest BCUT2D eigenvalue weighted by atomic mass is 16.5. The minimum Gasteiger partial charge on any atom is -0.465 e. The van der Waals surface area contributed by atoms with Gasteiger partial charge in [0.25, 0.3) is 0 Å². The van der Waals surface area contributed by atoms with Gasteiger partial charge in [-0.15, -0.1) is 0 Å². The monoisotopic (exact) mass is 286 g/mol. The molecule has 3 unspecified atom stereocenters. The number of nitrogens with zero attached hydrogens (tertiary/aromatic N) is 1. The Kier molecular flexibility index (Phi) is 6.92. The number of hydrogen-bond donors (Lipinski definition) is 1. The van der Waals surface area contributed by atoms with E-state index < -0.39 is 5.54 Å². The van der Waals surface area contributed by atoms with E-state index in [1.165, 1.54) is 0 Å². The van der Waals surface area contributed by atoms with Crippen molar-refractivity contribution in [3.63, 3.8) is 0 Å². The summed E-state index contributed by atoms with van der Waals surface area (Å²) in [5.41, 5.74) is -0.586. The quantitative estimate of drug-likeness (QED) is 0.717. The molecule has 1 N–H and O–H groups in total. The highest BCUT2D eigenvalue weighted by Crippen LogP contribution is 2.17. The molecule has 0 saturated carbocycles. The first-order valence-corrected chi connectivity index (χ1v) is 7.64. The first-order valence-electron chi connectivity index (χ1n) is 7.64. The summed E-state index contributed by atoms with van der Waals surface area (Å²) in [6.07, 6.45) is 2.04. The number of rotatable bonds is 7. The molecule has 0 bridgehead atoms. The molecule has 0 amide bonds. The molecule has 0 aromatic carbocycles.